The van der Waals surface area contributed by atoms with Crippen LogP contribution in [0.2, 0.25) is 5.02 Å². The molecule has 29 heavy (non-hydrogen) atoms. The lowest BCUT2D eigenvalue weighted by Gasteiger charge is -2.17. The Bertz CT molecular complexity index is 927. The highest BCUT2D eigenvalue weighted by atomic mass is 35.5. The van der Waals surface area contributed by atoms with Crippen molar-refractivity contribution >= 4 is 46.4 Å². The maximum absolute atomic E-state index is 12.3. The average Bonchev–Trinajstić information content (AvgIpc) is 3.10. The number of aryl methyl sites for hydroxylation is 1. The van der Waals surface area contributed by atoms with Crippen molar-refractivity contribution < 1.29 is 19.1 Å². The van der Waals surface area contributed by atoms with Crippen molar-refractivity contribution in [2.45, 2.75) is 26.2 Å². The summed E-state index contributed by atoms with van der Waals surface area (Å²) in [4.78, 5) is 39.6. The normalized spacial score (nSPS) is 15.3. The van der Waals surface area contributed by atoms with E-state index in [9.17, 15) is 14.4 Å². The van der Waals surface area contributed by atoms with Crippen molar-refractivity contribution in [1.82, 2.24) is 4.90 Å². The highest BCUT2D eigenvalue weighted by Gasteiger charge is 2.22. The van der Waals surface area contributed by atoms with E-state index in [1.54, 1.807) is 24.3 Å². The van der Waals surface area contributed by atoms with Crippen LogP contribution in [0.15, 0.2) is 30.3 Å². The highest BCUT2D eigenvalue weighted by Crippen LogP contribution is 2.32. The van der Waals surface area contributed by atoms with Crippen LogP contribution in [-0.2, 0) is 27.2 Å². The number of carbonyl (C=O) groups excluding carboxylic acids is 3. The van der Waals surface area contributed by atoms with Crippen molar-refractivity contribution in [2.24, 2.45) is 5.92 Å². The van der Waals surface area contributed by atoms with Crippen LogP contribution in [0.1, 0.15) is 33.5 Å². The van der Waals surface area contributed by atoms with Crippen molar-refractivity contribution in [3.05, 3.63) is 50.7 Å². The number of ether oxygens (including phenoxy) is 1. The van der Waals surface area contributed by atoms with Gasteiger partial charge in [-0.25, -0.2) is 4.79 Å². The number of halogens is 1. The third-order valence-electron chi connectivity index (χ3n) is 4.81. The maximum Gasteiger partial charge on any atom is 0.348 e. The number of fused-ring (bicyclic) bond motifs is 1. The van der Waals surface area contributed by atoms with E-state index in [1.165, 1.54) is 33.7 Å². The smallest absolute Gasteiger partial charge is 0.348 e. The van der Waals surface area contributed by atoms with Gasteiger partial charge in [0, 0.05) is 11.9 Å². The molecule has 3 rings (SSSR count). The lowest BCUT2D eigenvalue weighted by atomic mass is 9.90. The minimum Gasteiger partial charge on any atom is -0.451 e. The quantitative estimate of drug-likeness (QED) is 0.702. The molecule has 6 nitrogen and oxygen atoms in total. The molecule has 1 unspecified atom stereocenters. The lowest BCUT2D eigenvalue weighted by molar-refractivity contribution is -0.136. The maximum atomic E-state index is 12.3. The Kier molecular flexibility index (Phi) is 6.92. The first-order valence-electron chi connectivity index (χ1n) is 9.40. The molecule has 1 aromatic carbocycles. The predicted molar refractivity (Wildman–Crippen MR) is 114 cm³/mol. The van der Waals surface area contributed by atoms with E-state index in [-0.39, 0.29) is 12.5 Å². The van der Waals surface area contributed by atoms with Gasteiger partial charge in [-0.1, -0.05) is 30.7 Å². The second kappa shape index (κ2) is 9.41. The summed E-state index contributed by atoms with van der Waals surface area (Å²) in [5.41, 5.74) is 1.68. The number of carbonyl (C=O) groups is 3. The Labute approximate surface area is 178 Å². The zero-order valence-electron chi connectivity index (χ0n) is 16.4. The molecular formula is C21H23ClN2O4S. The first-order valence-corrected chi connectivity index (χ1v) is 10.6. The number of benzene rings is 1. The fourth-order valence-electron chi connectivity index (χ4n) is 3.17. The summed E-state index contributed by atoms with van der Waals surface area (Å²) in [6.45, 7) is 1.62. The molecule has 0 saturated heterocycles. The summed E-state index contributed by atoms with van der Waals surface area (Å²) >= 11 is 7.45. The molecule has 1 N–H and O–H groups in total. The van der Waals surface area contributed by atoms with Gasteiger partial charge in [-0.05, 0) is 48.9 Å². The summed E-state index contributed by atoms with van der Waals surface area (Å²) in [6, 6.07) is 8.72. The molecule has 1 atom stereocenters. The summed E-state index contributed by atoms with van der Waals surface area (Å²) in [7, 11) is 1.48. The summed E-state index contributed by atoms with van der Waals surface area (Å²) in [6.07, 6.45) is 3.08. The van der Waals surface area contributed by atoms with Crippen LogP contribution in [0.25, 0.3) is 0 Å². The third-order valence-corrected chi connectivity index (χ3v) is 6.36. The van der Waals surface area contributed by atoms with Crippen molar-refractivity contribution in [2.75, 3.05) is 25.5 Å². The first-order chi connectivity index (χ1) is 13.8. The van der Waals surface area contributed by atoms with Crippen LogP contribution in [0.5, 0.6) is 0 Å². The third kappa shape index (κ3) is 5.58. The second-order valence-electron chi connectivity index (χ2n) is 7.26. The fourth-order valence-corrected chi connectivity index (χ4v) is 4.46. The molecule has 0 spiro atoms. The van der Waals surface area contributed by atoms with E-state index < -0.39 is 18.5 Å². The molecule has 1 heterocycles. The largest absolute Gasteiger partial charge is 0.451 e. The minimum absolute atomic E-state index is 0.174. The number of esters is 1. The minimum atomic E-state index is -0.501. The summed E-state index contributed by atoms with van der Waals surface area (Å²) < 4.78 is 5.16. The zero-order valence-corrected chi connectivity index (χ0v) is 17.9. The molecular weight excluding hydrogens is 412 g/mol. The van der Waals surface area contributed by atoms with Crippen LogP contribution in [0, 0.1) is 5.92 Å². The number of nitrogens with one attached hydrogen (secondary N) is 1. The number of amides is 2. The number of para-hydroxylation sites is 1. The van der Waals surface area contributed by atoms with Crippen molar-refractivity contribution in [3.63, 3.8) is 0 Å². The van der Waals surface area contributed by atoms with Gasteiger partial charge < -0.3 is 15.0 Å². The van der Waals surface area contributed by atoms with Crippen LogP contribution in [0.3, 0.4) is 0 Å². The molecule has 0 fully saturated rings. The second-order valence-corrected chi connectivity index (χ2v) is 8.80. The zero-order chi connectivity index (χ0) is 21.0. The fraction of sp³-hybridized carbons (Fsp3) is 0.381. The molecule has 8 heteroatoms. The predicted octanol–water partition coefficient (Wildman–Crippen LogP) is 3.78. The van der Waals surface area contributed by atoms with Crippen LogP contribution in [-0.4, -0.2) is 42.9 Å². The molecule has 1 aliphatic rings. The van der Waals surface area contributed by atoms with E-state index in [0.717, 1.165) is 19.3 Å². The van der Waals surface area contributed by atoms with Gasteiger partial charge >= 0.3 is 5.97 Å². The van der Waals surface area contributed by atoms with E-state index in [4.69, 9.17) is 16.3 Å². The number of hydrogen-bond acceptors (Lipinski definition) is 5. The Morgan fingerprint density at radius 3 is 2.83 bits per heavy atom. The highest BCUT2D eigenvalue weighted by molar-refractivity contribution is 7.14. The first kappa shape index (κ1) is 21.3. The van der Waals surface area contributed by atoms with Crippen LogP contribution < -0.4 is 5.32 Å². The number of rotatable bonds is 6. The van der Waals surface area contributed by atoms with E-state index >= 15 is 0 Å². The van der Waals surface area contributed by atoms with Gasteiger partial charge in [-0.3, -0.25) is 9.59 Å². The molecule has 0 bridgehead atoms. The summed E-state index contributed by atoms with van der Waals surface area (Å²) in [5.74, 6) is -0.727. The molecule has 0 aliphatic heterocycles. The number of likely N-dealkylation sites (N-methyl/N-ethyl adjacent to an activating group) is 1. The molecule has 0 radical (unpaired) electrons. The molecule has 154 valence electrons. The van der Waals surface area contributed by atoms with E-state index in [1.807, 2.05) is 6.07 Å². The lowest BCUT2D eigenvalue weighted by Crippen LogP contribution is -2.37. The van der Waals surface area contributed by atoms with Crippen molar-refractivity contribution in [3.8, 4) is 0 Å². The van der Waals surface area contributed by atoms with Crippen molar-refractivity contribution in [1.29, 1.82) is 0 Å². The standard InChI is InChI=1S/C21H23ClN2O4S/c1-13-7-8-17-14(9-13)10-18(29-17)21(27)28-12-20(26)24(2)11-19(25)23-16-6-4-3-5-15(16)22/h3-6,10,13H,7-9,11-12H2,1-2H3,(H,23,25). The van der Waals surface area contributed by atoms with Gasteiger partial charge in [-0.2, -0.15) is 0 Å². The number of nitrogens with zero attached hydrogens (tertiary/aromatic N) is 1. The van der Waals surface area contributed by atoms with E-state index in [0.29, 0.717) is 21.5 Å². The average molecular weight is 435 g/mol. The Hall–Kier alpha value is -2.38. The Balaban J connectivity index is 1.48. The van der Waals surface area contributed by atoms with Crippen LogP contribution in [0.4, 0.5) is 5.69 Å². The van der Waals surface area contributed by atoms with Crippen LogP contribution >= 0.6 is 22.9 Å². The van der Waals surface area contributed by atoms with Gasteiger partial charge in [0.1, 0.15) is 4.88 Å². The molecule has 2 aromatic rings. The monoisotopic (exact) mass is 434 g/mol. The number of anilines is 1. The molecule has 0 saturated carbocycles. The SMILES string of the molecule is CC1CCc2sc(C(=O)OCC(=O)N(C)CC(=O)Nc3ccccc3Cl)cc2C1. The Morgan fingerprint density at radius 2 is 2.07 bits per heavy atom. The molecule has 1 aliphatic carbocycles. The molecule has 1 aromatic heterocycles. The van der Waals surface area contributed by atoms with Gasteiger partial charge in [-0.15, -0.1) is 11.3 Å². The number of thiophene rings is 1. The van der Waals surface area contributed by atoms with Gasteiger partial charge in [0.05, 0.1) is 17.3 Å². The van der Waals surface area contributed by atoms with E-state index in [2.05, 4.69) is 12.2 Å². The van der Waals surface area contributed by atoms with Gasteiger partial charge in [0.25, 0.3) is 5.91 Å². The Morgan fingerprint density at radius 1 is 1.31 bits per heavy atom. The molecule has 2 amide bonds. The topological polar surface area (TPSA) is 75.7 Å². The summed E-state index contributed by atoms with van der Waals surface area (Å²) in [5, 5.41) is 3.06. The van der Waals surface area contributed by atoms with Gasteiger partial charge in [0.2, 0.25) is 5.91 Å². The van der Waals surface area contributed by atoms with Gasteiger partial charge in [0.15, 0.2) is 6.61 Å². The number of hydrogen-bond donors (Lipinski definition) is 1.